The minimum Gasteiger partial charge on any atom is -0.477 e. The highest BCUT2D eigenvalue weighted by molar-refractivity contribution is 8.37. The number of carboxylic acid groups (broad SMARTS) is 2. The smallest absolute Gasteiger partial charge is 0.377 e. The van der Waals surface area contributed by atoms with Crippen LogP contribution in [0.4, 0.5) is 0 Å². The normalized spacial score (nSPS) is 14.6. The van der Waals surface area contributed by atoms with E-state index in [1.807, 2.05) is 0 Å². The summed E-state index contributed by atoms with van der Waals surface area (Å²) in [5.41, 5.74) is -0.631. The third-order valence-corrected chi connectivity index (χ3v) is 3.80. The fourth-order valence-electron chi connectivity index (χ4n) is 0.646. The fourth-order valence-corrected chi connectivity index (χ4v) is 2.24. The zero-order valence-electron chi connectivity index (χ0n) is 6.14. The summed E-state index contributed by atoms with van der Waals surface area (Å²) >= 11 is 2.33. The van der Waals surface area contributed by atoms with Gasteiger partial charge in [0.1, 0.15) is 5.57 Å². The summed E-state index contributed by atoms with van der Waals surface area (Å²) in [6.45, 7) is 0. The molecule has 13 heavy (non-hydrogen) atoms. The third-order valence-electron chi connectivity index (χ3n) is 1.22. The van der Waals surface area contributed by atoms with Gasteiger partial charge in [0.15, 0.2) is 0 Å². The van der Waals surface area contributed by atoms with Gasteiger partial charge in [-0.1, -0.05) is 0 Å². The molecule has 1 heterocycles. The van der Waals surface area contributed by atoms with E-state index in [2.05, 4.69) is 0 Å². The lowest BCUT2D eigenvalue weighted by atomic mass is 10.2. The SMILES string of the molecule is O=C(O)C(=O)C(C(=O)O)=C1SCS1. The van der Waals surface area contributed by atoms with E-state index < -0.39 is 23.3 Å². The molecule has 0 unspecified atom stereocenters. The molecule has 1 aliphatic heterocycles. The van der Waals surface area contributed by atoms with Crippen LogP contribution in [-0.4, -0.2) is 33.0 Å². The lowest BCUT2D eigenvalue weighted by molar-refractivity contribution is -0.149. The highest BCUT2D eigenvalue weighted by atomic mass is 32.3. The number of Topliss-reactive ketones (excluding diaryl/α,β-unsaturated/α-hetero) is 1. The second-order valence-corrected chi connectivity index (χ2v) is 4.60. The molecule has 70 valence electrons. The molecule has 0 aliphatic carbocycles. The van der Waals surface area contributed by atoms with Gasteiger partial charge in [-0.3, -0.25) is 4.79 Å². The van der Waals surface area contributed by atoms with Crippen molar-refractivity contribution in [3.8, 4) is 0 Å². The maximum absolute atomic E-state index is 10.9. The van der Waals surface area contributed by atoms with Gasteiger partial charge in [-0.15, -0.1) is 23.5 Å². The molecule has 0 spiro atoms. The molecule has 0 atom stereocenters. The van der Waals surface area contributed by atoms with Crippen molar-refractivity contribution in [1.82, 2.24) is 0 Å². The molecule has 5 nitrogen and oxygen atoms in total. The summed E-state index contributed by atoms with van der Waals surface area (Å²) in [5.74, 6) is -4.58. The van der Waals surface area contributed by atoms with Gasteiger partial charge in [-0.25, -0.2) is 9.59 Å². The second kappa shape index (κ2) is 3.84. The van der Waals surface area contributed by atoms with Gasteiger partial charge in [-0.2, -0.15) is 0 Å². The van der Waals surface area contributed by atoms with Crippen LogP contribution in [0.3, 0.4) is 0 Å². The van der Waals surface area contributed by atoms with E-state index in [1.165, 1.54) is 23.5 Å². The molecule has 0 radical (unpaired) electrons. The van der Waals surface area contributed by atoms with Crippen LogP contribution >= 0.6 is 23.5 Å². The summed E-state index contributed by atoms with van der Waals surface area (Å²) in [5, 5.41) is 17.5. The Bertz CT molecular complexity index is 313. The summed E-state index contributed by atoms with van der Waals surface area (Å²) in [6, 6.07) is 0. The minimum atomic E-state index is -1.74. The number of hydrogen-bond acceptors (Lipinski definition) is 5. The van der Waals surface area contributed by atoms with Crippen molar-refractivity contribution in [2.75, 3.05) is 5.08 Å². The van der Waals surface area contributed by atoms with Gasteiger partial charge in [0.05, 0.1) is 4.24 Å². The molecule has 0 aromatic rings. The Morgan fingerprint density at radius 1 is 1.08 bits per heavy atom. The topological polar surface area (TPSA) is 91.7 Å². The largest absolute Gasteiger partial charge is 0.477 e. The maximum Gasteiger partial charge on any atom is 0.377 e. The maximum atomic E-state index is 10.9. The van der Waals surface area contributed by atoms with Crippen LogP contribution < -0.4 is 0 Å². The summed E-state index contributed by atoms with van der Waals surface area (Å²) < 4.78 is 0.278. The van der Waals surface area contributed by atoms with Crippen LogP contribution in [0.2, 0.25) is 0 Å². The number of hydrogen-bond donors (Lipinski definition) is 2. The average Bonchev–Trinajstić information content (AvgIpc) is 1.94. The zero-order chi connectivity index (χ0) is 10.0. The Hall–Kier alpha value is -0.950. The predicted octanol–water partition coefficient (Wildman–Crippen LogP) is 0.374. The predicted molar refractivity (Wildman–Crippen MR) is 47.4 cm³/mol. The van der Waals surface area contributed by atoms with Gasteiger partial charge in [-0.05, 0) is 0 Å². The Balaban J connectivity index is 2.99. The summed E-state index contributed by atoms with van der Waals surface area (Å²) in [4.78, 5) is 31.6. The highest BCUT2D eigenvalue weighted by Gasteiger charge is 2.31. The van der Waals surface area contributed by atoms with E-state index in [0.29, 0.717) is 5.08 Å². The van der Waals surface area contributed by atoms with Crippen molar-refractivity contribution in [3.63, 3.8) is 0 Å². The van der Waals surface area contributed by atoms with E-state index in [1.54, 1.807) is 0 Å². The van der Waals surface area contributed by atoms with E-state index >= 15 is 0 Å². The number of carboxylic acids is 2. The molecule has 0 aromatic carbocycles. The van der Waals surface area contributed by atoms with Crippen LogP contribution in [0.15, 0.2) is 9.81 Å². The standard InChI is InChI=1S/C6H4O5S2/c7-3(5(10)11)2(4(8)9)6-12-1-13-6/h1H2,(H,8,9)(H,10,11). The summed E-state index contributed by atoms with van der Waals surface area (Å²) in [6.07, 6.45) is 0. The van der Waals surface area contributed by atoms with Crippen LogP contribution in [0.25, 0.3) is 0 Å². The number of aliphatic carboxylic acids is 2. The average molecular weight is 220 g/mol. The lowest BCUT2D eigenvalue weighted by Crippen LogP contribution is -2.22. The number of carbonyl (C=O) groups excluding carboxylic acids is 1. The molecule has 0 bridgehead atoms. The first-order chi connectivity index (χ1) is 6.04. The van der Waals surface area contributed by atoms with Crippen LogP contribution in [0.1, 0.15) is 0 Å². The molecule has 7 heteroatoms. The van der Waals surface area contributed by atoms with E-state index in [0.717, 1.165) is 0 Å². The first-order valence-electron chi connectivity index (χ1n) is 3.05. The van der Waals surface area contributed by atoms with Gasteiger partial charge in [0.2, 0.25) is 0 Å². The lowest BCUT2D eigenvalue weighted by Gasteiger charge is -2.16. The first-order valence-corrected chi connectivity index (χ1v) is 5.02. The zero-order valence-corrected chi connectivity index (χ0v) is 7.78. The molecule has 1 aliphatic rings. The first kappa shape index (κ1) is 10.1. The number of rotatable bonds is 3. The minimum absolute atomic E-state index is 0.278. The van der Waals surface area contributed by atoms with Crippen molar-refractivity contribution >= 4 is 41.2 Å². The van der Waals surface area contributed by atoms with E-state index in [4.69, 9.17) is 10.2 Å². The number of carbonyl (C=O) groups is 3. The van der Waals surface area contributed by atoms with Gasteiger partial charge in [0.25, 0.3) is 5.78 Å². The molecular weight excluding hydrogens is 216 g/mol. The van der Waals surface area contributed by atoms with Crippen molar-refractivity contribution < 1.29 is 24.6 Å². The summed E-state index contributed by atoms with van der Waals surface area (Å²) in [7, 11) is 0. The van der Waals surface area contributed by atoms with Crippen molar-refractivity contribution in [1.29, 1.82) is 0 Å². The van der Waals surface area contributed by atoms with Gasteiger partial charge >= 0.3 is 11.9 Å². The Kier molecular flexibility index (Phi) is 2.99. The van der Waals surface area contributed by atoms with E-state index in [-0.39, 0.29) is 4.24 Å². The molecule has 0 amide bonds. The monoisotopic (exact) mass is 220 g/mol. The molecule has 1 saturated heterocycles. The quantitative estimate of drug-likeness (QED) is 0.307. The second-order valence-electron chi connectivity index (χ2n) is 2.01. The van der Waals surface area contributed by atoms with Crippen LogP contribution in [0.5, 0.6) is 0 Å². The molecule has 0 aromatic heterocycles. The highest BCUT2D eigenvalue weighted by Crippen LogP contribution is 2.45. The Labute approximate surface area is 81.2 Å². The Morgan fingerprint density at radius 2 is 1.62 bits per heavy atom. The third kappa shape index (κ3) is 2.04. The van der Waals surface area contributed by atoms with Crippen molar-refractivity contribution in [3.05, 3.63) is 9.81 Å². The molecule has 0 saturated carbocycles. The fraction of sp³-hybridized carbons (Fsp3) is 0.167. The van der Waals surface area contributed by atoms with Crippen LogP contribution in [-0.2, 0) is 14.4 Å². The van der Waals surface area contributed by atoms with E-state index in [9.17, 15) is 14.4 Å². The molecule has 2 N–H and O–H groups in total. The number of thioether (sulfide) groups is 2. The Morgan fingerprint density at radius 3 is 1.85 bits per heavy atom. The molecule has 1 rings (SSSR count). The van der Waals surface area contributed by atoms with Crippen molar-refractivity contribution in [2.45, 2.75) is 0 Å². The van der Waals surface area contributed by atoms with Gasteiger partial charge < -0.3 is 10.2 Å². The molecular formula is C6H4O5S2. The van der Waals surface area contributed by atoms with Gasteiger partial charge in [0, 0.05) is 5.08 Å². The molecule has 1 fully saturated rings. The van der Waals surface area contributed by atoms with Crippen LogP contribution in [0, 0.1) is 0 Å². The number of ketones is 1. The van der Waals surface area contributed by atoms with Crippen molar-refractivity contribution in [2.24, 2.45) is 0 Å².